The molecule has 0 aromatic carbocycles. The Bertz CT molecular complexity index is 207. The highest BCUT2D eigenvalue weighted by Crippen LogP contribution is 2.44. The molecule has 0 radical (unpaired) electrons. The first-order valence-electron chi connectivity index (χ1n) is 4.69. The van der Waals surface area contributed by atoms with E-state index in [0.29, 0.717) is 0 Å². The largest absolute Gasteiger partial charge is 0.481 e. The Kier molecular flexibility index (Phi) is 4.09. The molecule has 2 atom stereocenters. The van der Waals surface area contributed by atoms with Crippen LogP contribution in [0.3, 0.4) is 0 Å². The Hall–Kier alpha value is -0.610. The molecule has 0 spiro atoms. The minimum Gasteiger partial charge on any atom is -0.481 e. The first-order chi connectivity index (χ1) is 6.24. The number of carbonyl (C=O) groups is 1. The van der Waals surface area contributed by atoms with E-state index in [1.54, 1.807) is 27.7 Å². The average molecular weight is 204 g/mol. The van der Waals surface area contributed by atoms with Gasteiger partial charge in [0.25, 0.3) is 0 Å². The van der Waals surface area contributed by atoms with Gasteiger partial charge in [0.1, 0.15) is 5.41 Å². The Balaban J connectivity index is 5.31. The normalized spacial score (nSPS) is 18.7. The lowest BCUT2D eigenvalue weighted by Crippen LogP contribution is -2.51. The van der Waals surface area contributed by atoms with Crippen LogP contribution in [0.25, 0.3) is 0 Å². The van der Waals surface area contributed by atoms with E-state index in [-0.39, 0.29) is 6.61 Å². The molecular formula is C10H20O4. The molecule has 4 nitrogen and oxygen atoms in total. The van der Waals surface area contributed by atoms with Crippen molar-refractivity contribution in [2.75, 3.05) is 13.2 Å². The summed E-state index contributed by atoms with van der Waals surface area (Å²) >= 11 is 0. The van der Waals surface area contributed by atoms with E-state index in [2.05, 4.69) is 0 Å². The van der Waals surface area contributed by atoms with E-state index in [0.717, 1.165) is 0 Å². The number of rotatable bonds is 4. The molecule has 3 N–H and O–H groups in total. The highest BCUT2D eigenvalue weighted by Gasteiger charge is 2.52. The van der Waals surface area contributed by atoms with Crippen LogP contribution in [0.15, 0.2) is 0 Å². The molecule has 0 aliphatic heterocycles. The summed E-state index contributed by atoms with van der Waals surface area (Å²) in [6.07, 6.45) is 0. The smallest absolute Gasteiger partial charge is 0.312 e. The van der Waals surface area contributed by atoms with Crippen LogP contribution in [0, 0.1) is 16.7 Å². The molecule has 0 aliphatic carbocycles. The molecule has 0 aromatic heterocycles. The molecule has 4 heteroatoms. The molecule has 0 heterocycles. The van der Waals surface area contributed by atoms with Crippen molar-refractivity contribution in [2.24, 2.45) is 16.7 Å². The number of aliphatic carboxylic acids is 1. The highest BCUT2D eigenvalue weighted by molar-refractivity contribution is 5.76. The van der Waals surface area contributed by atoms with Crippen LogP contribution in [-0.4, -0.2) is 34.5 Å². The van der Waals surface area contributed by atoms with Crippen LogP contribution in [0.1, 0.15) is 27.7 Å². The van der Waals surface area contributed by atoms with Gasteiger partial charge in [-0.15, -0.1) is 0 Å². The fourth-order valence-corrected chi connectivity index (χ4v) is 1.89. The van der Waals surface area contributed by atoms with Gasteiger partial charge in [-0.05, 0) is 11.3 Å². The minimum atomic E-state index is -1.29. The number of aliphatic hydroxyl groups is 2. The number of carboxylic acid groups (broad SMARTS) is 1. The van der Waals surface area contributed by atoms with E-state index in [1.165, 1.54) is 0 Å². The second-order valence-corrected chi connectivity index (χ2v) is 4.77. The number of hydrogen-bond donors (Lipinski definition) is 3. The molecule has 0 bridgehead atoms. The summed E-state index contributed by atoms with van der Waals surface area (Å²) in [5, 5.41) is 27.5. The van der Waals surface area contributed by atoms with Crippen LogP contribution in [0.4, 0.5) is 0 Å². The summed E-state index contributed by atoms with van der Waals surface area (Å²) in [7, 11) is 0. The van der Waals surface area contributed by atoms with Crippen LogP contribution < -0.4 is 0 Å². The Morgan fingerprint density at radius 2 is 1.71 bits per heavy atom. The standard InChI is InChI=1S/C10H20O4/c1-7(5-11)10(6-12,8(13)14)9(2,3)4/h7,11-12H,5-6H2,1-4H3,(H,13,14). The molecule has 14 heavy (non-hydrogen) atoms. The monoisotopic (exact) mass is 204 g/mol. The van der Waals surface area contributed by atoms with Gasteiger partial charge in [-0.3, -0.25) is 4.79 Å². The van der Waals surface area contributed by atoms with E-state index in [4.69, 9.17) is 5.11 Å². The van der Waals surface area contributed by atoms with Crippen molar-refractivity contribution in [1.29, 1.82) is 0 Å². The number of hydrogen-bond acceptors (Lipinski definition) is 3. The third kappa shape index (κ3) is 1.91. The van der Waals surface area contributed by atoms with Crippen molar-refractivity contribution < 1.29 is 20.1 Å². The Labute approximate surface area is 84.6 Å². The summed E-state index contributed by atoms with van der Waals surface area (Å²) in [5.41, 5.74) is -1.89. The van der Waals surface area contributed by atoms with Gasteiger partial charge >= 0.3 is 5.97 Å². The minimum absolute atomic E-state index is 0.246. The van der Waals surface area contributed by atoms with Gasteiger partial charge in [-0.1, -0.05) is 27.7 Å². The summed E-state index contributed by atoms with van der Waals surface area (Å²) in [6, 6.07) is 0. The molecule has 84 valence electrons. The molecular weight excluding hydrogens is 184 g/mol. The quantitative estimate of drug-likeness (QED) is 0.630. The Morgan fingerprint density at radius 3 is 1.79 bits per heavy atom. The van der Waals surface area contributed by atoms with Gasteiger partial charge < -0.3 is 15.3 Å². The van der Waals surface area contributed by atoms with E-state index < -0.39 is 29.3 Å². The zero-order chi connectivity index (χ0) is 11.6. The molecule has 0 aliphatic rings. The first kappa shape index (κ1) is 13.4. The summed E-state index contributed by atoms with van der Waals surface area (Å²) < 4.78 is 0. The third-order valence-corrected chi connectivity index (χ3v) is 3.08. The van der Waals surface area contributed by atoms with Gasteiger partial charge in [0.2, 0.25) is 0 Å². The molecule has 0 saturated heterocycles. The summed E-state index contributed by atoms with van der Waals surface area (Å²) in [5.74, 6) is -1.54. The maximum atomic E-state index is 11.2. The second kappa shape index (κ2) is 4.28. The maximum Gasteiger partial charge on any atom is 0.312 e. The third-order valence-electron chi connectivity index (χ3n) is 3.08. The van der Waals surface area contributed by atoms with Crippen molar-refractivity contribution in [3.63, 3.8) is 0 Å². The van der Waals surface area contributed by atoms with Crippen LogP contribution in [-0.2, 0) is 4.79 Å². The topological polar surface area (TPSA) is 77.8 Å². The molecule has 0 saturated carbocycles. The van der Waals surface area contributed by atoms with Gasteiger partial charge in [0.15, 0.2) is 0 Å². The molecule has 0 aromatic rings. The fourth-order valence-electron chi connectivity index (χ4n) is 1.89. The number of aliphatic hydroxyl groups excluding tert-OH is 2. The van der Waals surface area contributed by atoms with Gasteiger partial charge in [-0.25, -0.2) is 0 Å². The zero-order valence-corrected chi connectivity index (χ0v) is 9.24. The van der Waals surface area contributed by atoms with Gasteiger partial charge in [-0.2, -0.15) is 0 Å². The summed E-state index contributed by atoms with van der Waals surface area (Å²) in [6.45, 7) is 6.18. The van der Waals surface area contributed by atoms with Crippen LogP contribution in [0.2, 0.25) is 0 Å². The SMILES string of the molecule is CC(CO)C(CO)(C(=O)O)C(C)(C)C. The van der Waals surface area contributed by atoms with Crippen molar-refractivity contribution in [3.05, 3.63) is 0 Å². The van der Waals surface area contributed by atoms with Gasteiger partial charge in [0.05, 0.1) is 6.61 Å². The lowest BCUT2D eigenvalue weighted by Gasteiger charge is -2.43. The number of carboxylic acids is 1. The van der Waals surface area contributed by atoms with Gasteiger partial charge in [0, 0.05) is 6.61 Å². The highest BCUT2D eigenvalue weighted by atomic mass is 16.4. The molecule has 0 fully saturated rings. The first-order valence-corrected chi connectivity index (χ1v) is 4.69. The van der Waals surface area contributed by atoms with E-state index in [9.17, 15) is 15.0 Å². The average Bonchev–Trinajstić information content (AvgIpc) is 2.02. The maximum absolute atomic E-state index is 11.2. The van der Waals surface area contributed by atoms with Crippen LogP contribution in [0.5, 0.6) is 0 Å². The summed E-state index contributed by atoms with van der Waals surface area (Å²) in [4.78, 5) is 11.2. The molecule has 0 rings (SSSR count). The molecule has 2 unspecified atom stereocenters. The van der Waals surface area contributed by atoms with Crippen molar-refractivity contribution in [1.82, 2.24) is 0 Å². The predicted octanol–water partition coefficient (Wildman–Crippen LogP) is 0.724. The predicted molar refractivity (Wildman–Crippen MR) is 52.9 cm³/mol. The second-order valence-electron chi connectivity index (χ2n) is 4.77. The van der Waals surface area contributed by atoms with E-state index >= 15 is 0 Å². The lowest BCUT2D eigenvalue weighted by atomic mass is 9.60. The zero-order valence-electron chi connectivity index (χ0n) is 9.24. The van der Waals surface area contributed by atoms with Crippen molar-refractivity contribution >= 4 is 5.97 Å². The van der Waals surface area contributed by atoms with Crippen LogP contribution >= 0.6 is 0 Å². The van der Waals surface area contributed by atoms with Crippen molar-refractivity contribution in [2.45, 2.75) is 27.7 Å². The van der Waals surface area contributed by atoms with Crippen molar-refractivity contribution in [3.8, 4) is 0 Å². The molecule has 0 amide bonds. The van der Waals surface area contributed by atoms with E-state index in [1.807, 2.05) is 0 Å². The Morgan fingerprint density at radius 1 is 1.29 bits per heavy atom. The fraction of sp³-hybridized carbons (Fsp3) is 0.900. The lowest BCUT2D eigenvalue weighted by molar-refractivity contribution is -0.169.